The molecule has 2 N–H and O–H groups in total. The summed E-state index contributed by atoms with van der Waals surface area (Å²) in [4.78, 5) is 28.8. The molecule has 3 aromatic carbocycles. The van der Waals surface area contributed by atoms with Gasteiger partial charge in [-0.05, 0) is 54.8 Å². The van der Waals surface area contributed by atoms with E-state index in [2.05, 4.69) is 10.6 Å². The van der Waals surface area contributed by atoms with E-state index in [1.807, 2.05) is 54.6 Å². The normalized spacial score (nSPS) is 17.4. The maximum Gasteiger partial charge on any atom is 0.327 e. The van der Waals surface area contributed by atoms with Gasteiger partial charge in [-0.1, -0.05) is 42.5 Å². The number of methoxy groups -OCH3 is 1. The van der Waals surface area contributed by atoms with Gasteiger partial charge in [-0.2, -0.15) is 0 Å². The number of urea groups is 1. The van der Waals surface area contributed by atoms with Crippen molar-refractivity contribution in [2.45, 2.75) is 25.3 Å². The first-order valence-electron chi connectivity index (χ1n) is 11.1. The van der Waals surface area contributed by atoms with Crippen LogP contribution in [0.25, 0.3) is 0 Å². The number of anilines is 3. The SMILES string of the molecule is COc1ccc(NC(=O)N2c3ccccc3NC3=C(C(=O)CCC3)[C@@H]2c2ccccc2)cc1. The second-order valence-electron chi connectivity index (χ2n) is 8.15. The zero-order valence-corrected chi connectivity index (χ0v) is 18.4. The van der Waals surface area contributed by atoms with Crippen LogP contribution >= 0.6 is 0 Å². The lowest BCUT2D eigenvalue weighted by atomic mass is 9.86. The monoisotopic (exact) mass is 439 g/mol. The van der Waals surface area contributed by atoms with E-state index in [0.29, 0.717) is 23.4 Å². The summed E-state index contributed by atoms with van der Waals surface area (Å²) in [5.41, 5.74) is 4.62. The van der Waals surface area contributed by atoms with Crippen LogP contribution in [0.15, 0.2) is 90.1 Å². The molecule has 0 saturated heterocycles. The molecule has 0 saturated carbocycles. The number of nitrogens with one attached hydrogen (secondary N) is 2. The molecule has 0 aromatic heterocycles. The molecule has 1 heterocycles. The van der Waals surface area contributed by atoms with Crippen LogP contribution in [0.3, 0.4) is 0 Å². The van der Waals surface area contributed by atoms with Crippen molar-refractivity contribution in [1.82, 2.24) is 0 Å². The molecule has 5 rings (SSSR count). The first kappa shape index (κ1) is 20.8. The summed E-state index contributed by atoms with van der Waals surface area (Å²) in [5.74, 6) is 0.787. The number of para-hydroxylation sites is 2. The first-order valence-corrected chi connectivity index (χ1v) is 11.1. The molecule has 0 bridgehead atoms. The fraction of sp³-hybridized carbons (Fsp3) is 0.185. The molecule has 0 unspecified atom stereocenters. The Morgan fingerprint density at radius 3 is 2.45 bits per heavy atom. The van der Waals surface area contributed by atoms with Gasteiger partial charge in [-0.3, -0.25) is 9.69 Å². The second-order valence-corrected chi connectivity index (χ2v) is 8.15. The third-order valence-electron chi connectivity index (χ3n) is 6.11. The molecule has 6 nitrogen and oxygen atoms in total. The Kier molecular flexibility index (Phi) is 5.57. The van der Waals surface area contributed by atoms with Crippen LogP contribution in [0.5, 0.6) is 5.75 Å². The van der Waals surface area contributed by atoms with Gasteiger partial charge in [-0.15, -0.1) is 0 Å². The van der Waals surface area contributed by atoms with E-state index in [1.165, 1.54) is 0 Å². The number of Topliss-reactive ketones (excluding diaryl/α,β-unsaturated/α-hetero) is 1. The van der Waals surface area contributed by atoms with Crippen LogP contribution in [0.1, 0.15) is 30.9 Å². The quantitative estimate of drug-likeness (QED) is 0.532. The molecule has 1 atom stereocenters. The van der Waals surface area contributed by atoms with E-state index in [1.54, 1.807) is 36.3 Å². The van der Waals surface area contributed by atoms with Crippen LogP contribution in [0.4, 0.5) is 21.9 Å². The molecule has 0 spiro atoms. The lowest BCUT2D eigenvalue weighted by molar-refractivity contribution is -0.116. The smallest absolute Gasteiger partial charge is 0.327 e. The van der Waals surface area contributed by atoms with Gasteiger partial charge in [0.25, 0.3) is 0 Å². The summed E-state index contributed by atoms with van der Waals surface area (Å²) >= 11 is 0. The lowest BCUT2D eigenvalue weighted by Crippen LogP contribution is -2.40. The van der Waals surface area contributed by atoms with Crippen molar-refractivity contribution < 1.29 is 14.3 Å². The fourth-order valence-electron chi connectivity index (χ4n) is 4.57. The number of nitrogens with zero attached hydrogens (tertiary/aromatic N) is 1. The Bertz CT molecular complexity index is 1220. The lowest BCUT2D eigenvalue weighted by Gasteiger charge is -2.33. The molecule has 166 valence electrons. The Labute approximate surface area is 192 Å². The van der Waals surface area contributed by atoms with Crippen molar-refractivity contribution >= 4 is 28.9 Å². The number of carbonyl (C=O) groups excluding carboxylic acids is 2. The highest BCUT2D eigenvalue weighted by Crippen LogP contribution is 2.44. The first-order chi connectivity index (χ1) is 16.2. The van der Waals surface area contributed by atoms with Gasteiger partial charge >= 0.3 is 6.03 Å². The number of fused-ring (bicyclic) bond motifs is 1. The van der Waals surface area contributed by atoms with Gasteiger partial charge in [0.15, 0.2) is 5.78 Å². The topological polar surface area (TPSA) is 70.7 Å². The minimum atomic E-state index is -0.539. The standard InChI is InChI=1S/C27H25N3O3/c1-33-20-16-14-19(15-17-20)28-27(32)30-23-12-6-5-10-21(23)29-22-11-7-13-24(31)25(22)26(30)18-8-3-2-4-9-18/h2-6,8-10,12,14-17,26,29H,7,11,13H2,1H3,(H,28,32)/t26-/m0/s1. The number of hydrogen-bond donors (Lipinski definition) is 2. The van der Waals surface area contributed by atoms with Gasteiger partial charge < -0.3 is 15.4 Å². The predicted octanol–water partition coefficient (Wildman–Crippen LogP) is 5.91. The molecule has 2 aliphatic rings. The van der Waals surface area contributed by atoms with Crippen LogP contribution in [-0.4, -0.2) is 18.9 Å². The molecule has 3 aromatic rings. The van der Waals surface area contributed by atoms with Gasteiger partial charge in [0.1, 0.15) is 5.75 Å². The van der Waals surface area contributed by atoms with Crippen molar-refractivity contribution in [1.29, 1.82) is 0 Å². The summed E-state index contributed by atoms with van der Waals surface area (Å²) in [5, 5.41) is 6.49. The van der Waals surface area contributed by atoms with Gasteiger partial charge in [0.05, 0.1) is 24.5 Å². The minimum Gasteiger partial charge on any atom is -0.497 e. The number of ether oxygens (including phenoxy) is 1. The van der Waals surface area contributed by atoms with Crippen LogP contribution in [0.2, 0.25) is 0 Å². The van der Waals surface area contributed by atoms with E-state index in [-0.39, 0.29) is 11.8 Å². The van der Waals surface area contributed by atoms with E-state index >= 15 is 0 Å². The molecule has 0 fully saturated rings. The predicted molar refractivity (Wildman–Crippen MR) is 130 cm³/mol. The Morgan fingerprint density at radius 1 is 0.970 bits per heavy atom. The zero-order valence-electron chi connectivity index (χ0n) is 18.4. The Balaban J connectivity index is 1.65. The number of allylic oxidation sites excluding steroid dienone is 1. The number of amides is 2. The molecule has 6 heteroatoms. The van der Waals surface area contributed by atoms with Gasteiger partial charge in [0, 0.05) is 23.4 Å². The maximum absolute atomic E-state index is 13.8. The van der Waals surface area contributed by atoms with Gasteiger partial charge in [-0.25, -0.2) is 4.79 Å². The molecule has 1 aliphatic carbocycles. The van der Waals surface area contributed by atoms with Crippen molar-refractivity contribution in [2.24, 2.45) is 0 Å². The summed E-state index contributed by atoms with van der Waals surface area (Å²) in [7, 11) is 1.60. The molecule has 0 radical (unpaired) electrons. The number of rotatable bonds is 3. The third kappa shape index (κ3) is 3.96. The second kappa shape index (κ2) is 8.82. The number of ketones is 1. The van der Waals surface area contributed by atoms with Crippen molar-refractivity contribution in [3.63, 3.8) is 0 Å². The van der Waals surface area contributed by atoms with Crippen molar-refractivity contribution in [3.05, 3.63) is 95.7 Å². The van der Waals surface area contributed by atoms with E-state index < -0.39 is 6.04 Å². The van der Waals surface area contributed by atoms with Crippen LogP contribution < -0.4 is 20.3 Å². The highest BCUT2D eigenvalue weighted by atomic mass is 16.5. The molecule has 33 heavy (non-hydrogen) atoms. The zero-order chi connectivity index (χ0) is 22.8. The number of carbonyl (C=O) groups is 2. The average molecular weight is 440 g/mol. The van der Waals surface area contributed by atoms with Gasteiger partial charge in [0.2, 0.25) is 0 Å². The van der Waals surface area contributed by atoms with Crippen LogP contribution in [0, 0.1) is 0 Å². The van der Waals surface area contributed by atoms with E-state index in [9.17, 15) is 9.59 Å². The Hall–Kier alpha value is -4.06. The molecule has 1 aliphatic heterocycles. The number of hydrogen-bond acceptors (Lipinski definition) is 4. The van der Waals surface area contributed by atoms with Crippen molar-refractivity contribution in [2.75, 3.05) is 22.6 Å². The minimum absolute atomic E-state index is 0.0765. The maximum atomic E-state index is 13.8. The average Bonchev–Trinajstić information content (AvgIpc) is 3.00. The largest absolute Gasteiger partial charge is 0.497 e. The highest BCUT2D eigenvalue weighted by molar-refractivity contribution is 6.09. The third-order valence-corrected chi connectivity index (χ3v) is 6.11. The summed E-state index contributed by atoms with van der Waals surface area (Å²) in [6, 6.07) is 23.8. The highest BCUT2D eigenvalue weighted by Gasteiger charge is 2.39. The van der Waals surface area contributed by atoms with Crippen LogP contribution in [-0.2, 0) is 4.79 Å². The Morgan fingerprint density at radius 2 is 1.70 bits per heavy atom. The molecular formula is C27H25N3O3. The molecule has 2 amide bonds. The summed E-state index contributed by atoms with van der Waals surface area (Å²) in [6.45, 7) is 0. The van der Waals surface area contributed by atoms with E-state index in [4.69, 9.17) is 4.74 Å². The fourth-order valence-corrected chi connectivity index (χ4v) is 4.57. The summed E-state index contributed by atoms with van der Waals surface area (Å²) in [6.07, 6.45) is 2.05. The summed E-state index contributed by atoms with van der Waals surface area (Å²) < 4.78 is 5.22. The number of benzene rings is 3. The van der Waals surface area contributed by atoms with E-state index in [0.717, 1.165) is 35.5 Å². The van der Waals surface area contributed by atoms with Crippen molar-refractivity contribution in [3.8, 4) is 5.75 Å². The molecular weight excluding hydrogens is 414 g/mol.